The van der Waals surface area contributed by atoms with Gasteiger partial charge in [-0.1, -0.05) is 31.4 Å². The molecule has 0 amide bonds. The molecule has 0 aliphatic carbocycles. The summed E-state index contributed by atoms with van der Waals surface area (Å²) in [7, 11) is 0. The summed E-state index contributed by atoms with van der Waals surface area (Å²) in [5, 5.41) is 0. The van der Waals surface area contributed by atoms with Crippen LogP contribution in [-0.2, 0) is 0 Å². The van der Waals surface area contributed by atoms with Crippen LogP contribution in [0.3, 0.4) is 0 Å². The highest BCUT2D eigenvalue weighted by molar-refractivity contribution is 5.43. The number of hydrogen-bond acceptors (Lipinski definition) is 0. The fraction of sp³-hybridized carbons (Fsp3) is 0.273. The Kier molecular flexibility index (Phi) is 4.28. The second-order valence-electron chi connectivity index (χ2n) is 2.54. The summed E-state index contributed by atoms with van der Waals surface area (Å²) in [6, 6.07) is 0. The van der Waals surface area contributed by atoms with E-state index in [0.717, 1.165) is 5.57 Å². The van der Waals surface area contributed by atoms with Gasteiger partial charge in [0.2, 0.25) is 0 Å². The topological polar surface area (TPSA) is 0 Å². The smallest absolute Gasteiger partial charge is 0.0273 e. The van der Waals surface area contributed by atoms with E-state index in [1.54, 1.807) is 6.08 Å². The maximum absolute atomic E-state index is 3.96. The van der Waals surface area contributed by atoms with Gasteiger partial charge in [-0.15, -0.1) is 0 Å². The molecule has 0 aromatic heterocycles. The van der Waals surface area contributed by atoms with Crippen LogP contribution in [0.1, 0.15) is 20.8 Å². The highest BCUT2D eigenvalue weighted by atomic mass is 14.0. The molecule has 0 aromatic rings. The summed E-state index contributed by atoms with van der Waals surface area (Å²) in [6.45, 7) is 13.7. The molecular weight excluding hydrogens is 132 g/mol. The second kappa shape index (κ2) is 4.73. The first-order chi connectivity index (χ1) is 5.13. The van der Waals surface area contributed by atoms with E-state index < -0.39 is 0 Å². The average Bonchev–Trinajstić information content (AvgIpc) is 2.02. The monoisotopic (exact) mass is 148 g/mol. The first-order valence-corrected chi connectivity index (χ1v) is 3.75. The Bertz CT molecular complexity index is 214. The van der Waals surface area contributed by atoms with E-state index in [1.165, 1.54) is 11.1 Å². The van der Waals surface area contributed by atoms with Crippen molar-refractivity contribution >= 4 is 0 Å². The molecule has 0 heteroatoms. The van der Waals surface area contributed by atoms with E-state index in [2.05, 4.69) is 26.2 Å². The van der Waals surface area contributed by atoms with Crippen LogP contribution in [0.5, 0.6) is 0 Å². The van der Waals surface area contributed by atoms with Gasteiger partial charge in [0.15, 0.2) is 0 Å². The van der Waals surface area contributed by atoms with Gasteiger partial charge in [0, 0.05) is 0 Å². The predicted octanol–water partition coefficient (Wildman–Crippen LogP) is 3.64. The third-order valence-corrected chi connectivity index (χ3v) is 1.75. The molecule has 0 saturated carbocycles. The van der Waals surface area contributed by atoms with Crippen molar-refractivity contribution in [3.05, 3.63) is 48.1 Å². The van der Waals surface area contributed by atoms with Crippen LogP contribution in [0, 0.1) is 0 Å². The Morgan fingerprint density at radius 1 is 1.18 bits per heavy atom. The zero-order valence-corrected chi connectivity index (χ0v) is 7.65. The molecule has 0 nitrogen and oxygen atoms in total. The zero-order valence-electron chi connectivity index (χ0n) is 7.65. The molecule has 0 radical (unpaired) electrons. The molecule has 0 aliphatic heterocycles. The SMILES string of the molecule is C=C/C=C(/C)C(=C)/C(C)=C\C. The standard InChI is InChI=1S/C11H16/c1-6-8-10(4)11(5)9(3)7-2/h6-8H,1,5H2,2-4H3/b9-7-,10-8-. The van der Waals surface area contributed by atoms with Gasteiger partial charge in [0.05, 0.1) is 0 Å². The lowest BCUT2D eigenvalue weighted by atomic mass is 10.0. The molecule has 0 N–H and O–H groups in total. The number of allylic oxidation sites excluding steroid dienone is 6. The molecular formula is C11H16. The van der Waals surface area contributed by atoms with E-state index in [0.29, 0.717) is 0 Å². The van der Waals surface area contributed by atoms with Gasteiger partial charge >= 0.3 is 0 Å². The summed E-state index contributed by atoms with van der Waals surface area (Å²) < 4.78 is 0. The summed E-state index contributed by atoms with van der Waals surface area (Å²) in [6.07, 6.45) is 5.81. The molecule has 0 rings (SSSR count). The first-order valence-electron chi connectivity index (χ1n) is 3.75. The summed E-state index contributed by atoms with van der Waals surface area (Å²) >= 11 is 0. The van der Waals surface area contributed by atoms with Crippen LogP contribution in [0.25, 0.3) is 0 Å². The van der Waals surface area contributed by atoms with Gasteiger partial charge < -0.3 is 0 Å². The first kappa shape index (κ1) is 9.96. The Balaban J connectivity index is 4.50. The fourth-order valence-electron chi connectivity index (χ4n) is 0.763. The van der Waals surface area contributed by atoms with Crippen LogP contribution in [-0.4, -0.2) is 0 Å². The maximum Gasteiger partial charge on any atom is -0.0273 e. The lowest BCUT2D eigenvalue weighted by Crippen LogP contribution is -1.84. The van der Waals surface area contributed by atoms with Gasteiger partial charge in [0.25, 0.3) is 0 Å². The van der Waals surface area contributed by atoms with Crippen molar-refractivity contribution in [2.75, 3.05) is 0 Å². The maximum atomic E-state index is 3.96. The van der Waals surface area contributed by atoms with Crippen LogP contribution in [0.4, 0.5) is 0 Å². The molecule has 0 fully saturated rings. The Labute approximate surface area is 69.6 Å². The third kappa shape index (κ3) is 3.03. The van der Waals surface area contributed by atoms with Gasteiger partial charge in [-0.05, 0) is 37.5 Å². The third-order valence-electron chi connectivity index (χ3n) is 1.75. The van der Waals surface area contributed by atoms with Crippen molar-refractivity contribution in [2.24, 2.45) is 0 Å². The molecule has 11 heavy (non-hydrogen) atoms. The van der Waals surface area contributed by atoms with Crippen LogP contribution in [0.2, 0.25) is 0 Å². The van der Waals surface area contributed by atoms with Crippen molar-refractivity contribution in [3.63, 3.8) is 0 Å². The van der Waals surface area contributed by atoms with Crippen molar-refractivity contribution in [3.8, 4) is 0 Å². The van der Waals surface area contributed by atoms with Gasteiger partial charge in [-0.2, -0.15) is 0 Å². The summed E-state index contributed by atoms with van der Waals surface area (Å²) in [5.41, 5.74) is 3.49. The minimum atomic E-state index is 1.09. The quantitative estimate of drug-likeness (QED) is 0.536. The number of hydrogen-bond donors (Lipinski definition) is 0. The second-order valence-corrected chi connectivity index (χ2v) is 2.54. The van der Waals surface area contributed by atoms with Gasteiger partial charge in [-0.3, -0.25) is 0 Å². The minimum Gasteiger partial charge on any atom is -0.0991 e. The van der Waals surface area contributed by atoms with Crippen molar-refractivity contribution in [1.29, 1.82) is 0 Å². The molecule has 60 valence electrons. The lowest BCUT2D eigenvalue weighted by molar-refractivity contribution is 1.32. The van der Waals surface area contributed by atoms with Crippen molar-refractivity contribution in [2.45, 2.75) is 20.8 Å². The lowest BCUT2D eigenvalue weighted by Gasteiger charge is -2.04. The Morgan fingerprint density at radius 3 is 2.09 bits per heavy atom. The number of rotatable bonds is 3. The van der Waals surface area contributed by atoms with Crippen molar-refractivity contribution in [1.82, 2.24) is 0 Å². The van der Waals surface area contributed by atoms with Crippen LogP contribution >= 0.6 is 0 Å². The van der Waals surface area contributed by atoms with E-state index in [-0.39, 0.29) is 0 Å². The van der Waals surface area contributed by atoms with E-state index in [1.807, 2.05) is 19.9 Å². The van der Waals surface area contributed by atoms with Gasteiger partial charge in [-0.25, -0.2) is 0 Å². The molecule has 0 saturated heterocycles. The molecule has 0 atom stereocenters. The predicted molar refractivity (Wildman–Crippen MR) is 52.5 cm³/mol. The molecule has 0 bridgehead atoms. The van der Waals surface area contributed by atoms with Crippen molar-refractivity contribution < 1.29 is 0 Å². The molecule has 0 aliphatic rings. The zero-order chi connectivity index (χ0) is 8.85. The van der Waals surface area contributed by atoms with Crippen LogP contribution in [0.15, 0.2) is 48.1 Å². The van der Waals surface area contributed by atoms with Crippen LogP contribution < -0.4 is 0 Å². The fourth-order valence-corrected chi connectivity index (χ4v) is 0.763. The molecule has 0 unspecified atom stereocenters. The molecule has 0 heterocycles. The summed E-state index contributed by atoms with van der Waals surface area (Å²) in [5.74, 6) is 0. The highest BCUT2D eigenvalue weighted by Gasteiger charge is 1.95. The molecule has 0 spiro atoms. The largest absolute Gasteiger partial charge is 0.0991 e. The average molecular weight is 148 g/mol. The van der Waals surface area contributed by atoms with E-state index >= 15 is 0 Å². The Morgan fingerprint density at radius 2 is 1.73 bits per heavy atom. The van der Waals surface area contributed by atoms with E-state index in [9.17, 15) is 0 Å². The Hall–Kier alpha value is -1.04. The molecule has 0 aromatic carbocycles. The van der Waals surface area contributed by atoms with Gasteiger partial charge in [0.1, 0.15) is 0 Å². The minimum absolute atomic E-state index is 1.09. The highest BCUT2D eigenvalue weighted by Crippen LogP contribution is 2.15. The van der Waals surface area contributed by atoms with E-state index in [4.69, 9.17) is 0 Å². The normalized spacial score (nSPS) is 13.0. The summed E-state index contributed by atoms with van der Waals surface area (Å²) in [4.78, 5) is 0.